The van der Waals surface area contributed by atoms with Crippen molar-refractivity contribution in [2.75, 3.05) is 0 Å². The average Bonchev–Trinajstić information content (AvgIpc) is 2.65. The molecule has 150 valence electrons. The number of esters is 1. The maximum atomic E-state index is 13.1. The van der Waals surface area contributed by atoms with Crippen molar-refractivity contribution in [1.29, 1.82) is 0 Å². The number of carbonyl (C=O) groups excluding carboxylic acids is 2. The van der Waals surface area contributed by atoms with Gasteiger partial charge in [0.2, 0.25) is 0 Å². The molecule has 0 aliphatic heterocycles. The van der Waals surface area contributed by atoms with Crippen LogP contribution in [0.25, 0.3) is 0 Å². The number of hydrogen-bond donors (Lipinski definition) is 1. The molecular formula is C22H26INO4. The Hall–Kier alpha value is -2.09. The van der Waals surface area contributed by atoms with Gasteiger partial charge in [-0.3, -0.25) is 5.32 Å². The Balaban J connectivity index is 2.24. The van der Waals surface area contributed by atoms with Gasteiger partial charge in [-0.1, -0.05) is 67.6 Å². The van der Waals surface area contributed by atoms with Gasteiger partial charge >= 0.3 is 12.1 Å². The van der Waals surface area contributed by atoms with E-state index in [1.165, 1.54) is 0 Å². The van der Waals surface area contributed by atoms with E-state index in [0.717, 1.165) is 11.1 Å². The Labute approximate surface area is 179 Å². The number of carbonyl (C=O) groups is 2. The number of alkyl carbamates (subject to hydrolysis) is 1. The van der Waals surface area contributed by atoms with E-state index in [4.69, 9.17) is 9.47 Å². The molecule has 1 amide bonds. The van der Waals surface area contributed by atoms with E-state index in [2.05, 4.69) is 5.32 Å². The molecule has 1 atom stereocenters. The fraction of sp³-hybridized carbons (Fsp3) is 0.364. The monoisotopic (exact) mass is 495 g/mol. The molecule has 0 radical (unpaired) electrons. The molecule has 28 heavy (non-hydrogen) atoms. The number of ether oxygens (including phenoxy) is 2. The minimum atomic E-state index is -1.23. The van der Waals surface area contributed by atoms with Crippen molar-refractivity contribution in [3.63, 3.8) is 0 Å². The van der Waals surface area contributed by atoms with Crippen LogP contribution >= 0.6 is 22.6 Å². The summed E-state index contributed by atoms with van der Waals surface area (Å²) in [7, 11) is 0. The fourth-order valence-corrected chi connectivity index (χ4v) is 2.88. The number of rotatable bonds is 6. The summed E-state index contributed by atoms with van der Waals surface area (Å²) in [6.07, 6.45) is -0.880. The Morgan fingerprint density at radius 3 is 1.82 bits per heavy atom. The highest BCUT2D eigenvalue weighted by Crippen LogP contribution is 2.31. The zero-order chi connectivity index (χ0) is 20.8. The minimum absolute atomic E-state index is 0.349. The third kappa shape index (κ3) is 6.22. The summed E-state index contributed by atoms with van der Waals surface area (Å²) in [6, 6.07) is 19.0. The maximum Gasteiger partial charge on any atom is 0.409 e. The van der Waals surface area contributed by atoms with Gasteiger partial charge in [0.1, 0.15) is 5.60 Å². The van der Waals surface area contributed by atoms with Gasteiger partial charge < -0.3 is 9.47 Å². The molecule has 0 aliphatic carbocycles. The number of nitrogens with one attached hydrogen (secondary N) is 1. The van der Waals surface area contributed by atoms with Crippen LogP contribution in [0.15, 0.2) is 60.7 Å². The summed E-state index contributed by atoms with van der Waals surface area (Å²) >= 11 is 1.92. The molecule has 0 aromatic heterocycles. The molecule has 0 bridgehead atoms. The highest BCUT2D eigenvalue weighted by Gasteiger charge is 2.40. The van der Waals surface area contributed by atoms with E-state index in [-0.39, 0.29) is 0 Å². The Kier molecular flexibility index (Phi) is 7.46. The zero-order valence-electron chi connectivity index (χ0n) is 16.6. The lowest BCUT2D eigenvalue weighted by molar-refractivity contribution is -0.151. The topological polar surface area (TPSA) is 64.6 Å². The first kappa shape index (κ1) is 22.2. The third-order valence-corrected chi connectivity index (χ3v) is 5.41. The molecule has 2 aromatic rings. The van der Waals surface area contributed by atoms with Crippen molar-refractivity contribution >= 4 is 34.7 Å². The molecule has 0 aliphatic rings. The van der Waals surface area contributed by atoms with Crippen LogP contribution in [0.3, 0.4) is 0 Å². The Morgan fingerprint density at radius 1 is 0.964 bits per heavy atom. The second-order valence-corrected chi connectivity index (χ2v) is 9.23. The summed E-state index contributed by atoms with van der Waals surface area (Å²) in [5.74, 6) is -0.529. The van der Waals surface area contributed by atoms with Crippen LogP contribution < -0.4 is 5.32 Å². The van der Waals surface area contributed by atoms with Crippen LogP contribution in [0.2, 0.25) is 0 Å². The predicted molar refractivity (Wildman–Crippen MR) is 117 cm³/mol. The van der Waals surface area contributed by atoms with Crippen LogP contribution in [-0.2, 0) is 14.3 Å². The van der Waals surface area contributed by atoms with Crippen molar-refractivity contribution in [2.24, 2.45) is 0 Å². The van der Waals surface area contributed by atoms with E-state index >= 15 is 0 Å². The molecular weight excluding hydrogens is 469 g/mol. The van der Waals surface area contributed by atoms with Crippen molar-refractivity contribution in [1.82, 2.24) is 5.32 Å². The van der Waals surface area contributed by atoms with E-state index in [0.29, 0.717) is 6.42 Å². The molecule has 6 heteroatoms. The quantitative estimate of drug-likeness (QED) is 0.253. The first-order valence-corrected chi connectivity index (χ1v) is 10.2. The summed E-state index contributed by atoms with van der Waals surface area (Å²) in [6.45, 7) is 7.12. The van der Waals surface area contributed by atoms with Crippen LogP contribution in [0.4, 0.5) is 4.79 Å². The van der Waals surface area contributed by atoms with Gasteiger partial charge in [0.05, 0.1) is 0 Å². The lowest BCUT2D eigenvalue weighted by atomic mass is 10.0. The normalized spacial score (nSPS) is 13.5. The van der Waals surface area contributed by atoms with Crippen LogP contribution in [0.5, 0.6) is 0 Å². The van der Waals surface area contributed by atoms with E-state index in [1.54, 1.807) is 20.8 Å². The van der Waals surface area contributed by atoms with Gasteiger partial charge in [-0.2, -0.15) is 0 Å². The van der Waals surface area contributed by atoms with Crippen LogP contribution in [0.1, 0.15) is 51.3 Å². The second-order valence-electron chi connectivity index (χ2n) is 7.39. The van der Waals surface area contributed by atoms with Crippen LogP contribution in [0, 0.1) is 0 Å². The third-order valence-electron chi connectivity index (χ3n) is 3.94. The van der Waals surface area contributed by atoms with Crippen molar-refractivity contribution in [2.45, 2.75) is 49.4 Å². The molecule has 5 nitrogen and oxygen atoms in total. The number of hydrogen-bond acceptors (Lipinski definition) is 4. The van der Waals surface area contributed by atoms with E-state index < -0.39 is 27.3 Å². The highest BCUT2D eigenvalue weighted by molar-refractivity contribution is 14.1. The van der Waals surface area contributed by atoms with Gasteiger partial charge in [-0.05, 0) is 60.9 Å². The standard InChI is InChI=1S/C22H26INO4/c1-5-22(23,24-20(26)28-21(2,3)4)19(25)27-18(16-12-8-6-9-13-16)17-14-10-7-11-15-17/h6-15,18H,5H2,1-4H3,(H,24,26)/t22-/m0/s1. The van der Waals surface area contributed by atoms with Gasteiger partial charge in [0.25, 0.3) is 0 Å². The average molecular weight is 495 g/mol. The summed E-state index contributed by atoms with van der Waals surface area (Å²) < 4.78 is 9.96. The highest BCUT2D eigenvalue weighted by atomic mass is 127. The molecule has 0 unspecified atom stereocenters. The van der Waals surface area contributed by atoms with Gasteiger partial charge in [-0.15, -0.1) is 0 Å². The summed E-state index contributed by atoms with van der Waals surface area (Å²) in [5, 5.41) is 2.66. The summed E-state index contributed by atoms with van der Waals surface area (Å²) in [4.78, 5) is 25.3. The molecule has 0 spiro atoms. The molecule has 0 fully saturated rings. The smallest absolute Gasteiger partial charge is 0.409 e. The van der Waals surface area contributed by atoms with Gasteiger partial charge in [0.15, 0.2) is 9.65 Å². The maximum absolute atomic E-state index is 13.1. The van der Waals surface area contributed by atoms with Crippen LogP contribution in [-0.4, -0.2) is 21.2 Å². The fourth-order valence-electron chi connectivity index (χ4n) is 2.53. The van der Waals surface area contributed by atoms with Gasteiger partial charge in [0, 0.05) is 0 Å². The number of benzene rings is 2. The molecule has 1 N–H and O–H groups in total. The Morgan fingerprint density at radius 2 is 1.43 bits per heavy atom. The van der Waals surface area contributed by atoms with Crippen molar-refractivity contribution in [3.05, 3.63) is 71.8 Å². The molecule has 2 rings (SSSR count). The largest absolute Gasteiger partial charge is 0.450 e. The molecule has 0 heterocycles. The van der Waals surface area contributed by atoms with Gasteiger partial charge in [-0.25, -0.2) is 9.59 Å². The molecule has 2 aromatic carbocycles. The number of halogens is 1. The van der Waals surface area contributed by atoms with Crippen molar-refractivity contribution in [3.8, 4) is 0 Å². The number of amides is 1. The van der Waals surface area contributed by atoms with Crippen molar-refractivity contribution < 1.29 is 19.1 Å². The van der Waals surface area contributed by atoms with E-state index in [9.17, 15) is 9.59 Å². The Bertz CT molecular complexity index is 750. The lowest BCUT2D eigenvalue weighted by Gasteiger charge is -2.30. The predicted octanol–water partition coefficient (Wildman–Crippen LogP) is 5.39. The number of alkyl halides is 1. The molecule has 0 saturated heterocycles. The van der Waals surface area contributed by atoms with E-state index in [1.807, 2.05) is 90.2 Å². The lowest BCUT2D eigenvalue weighted by Crippen LogP contribution is -2.51. The first-order valence-electron chi connectivity index (χ1n) is 9.15. The summed E-state index contributed by atoms with van der Waals surface area (Å²) in [5.41, 5.74) is 1.05. The SMILES string of the molecule is CC[C@](I)(NC(=O)OC(C)(C)C)C(=O)OC(c1ccccc1)c1ccccc1. The zero-order valence-corrected chi connectivity index (χ0v) is 18.7. The molecule has 0 saturated carbocycles. The first-order chi connectivity index (χ1) is 13.1. The second kappa shape index (κ2) is 9.41. The minimum Gasteiger partial charge on any atom is -0.450 e.